The second-order valence-corrected chi connectivity index (χ2v) is 10.2. The van der Waals surface area contributed by atoms with Gasteiger partial charge in [-0.2, -0.15) is 0 Å². The smallest absolute Gasteiger partial charge is 0.153 e. The molecule has 220 valence electrons. The highest BCUT2D eigenvalue weighted by Gasteiger charge is 2.11. The third kappa shape index (κ3) is 7.92. The number of hydrogen-bond donors (Lipinski definition) is 0. The van der Waals surface area contributed by atoms with Crippen LogP contribution in [0.1, 0.15) is 59.3 Å². The molecule has 3 heterocycles. The minimum Gasteiger partial charge on any atom is -0.493 e. The molecule has 0 amide bonds. The van der Waals surface area contributed by atoms with Gasteiger partial charge >= 0.3 is 0 Å². The fourth-order valence-corrected chi connectivity index (χ4v) is 4.52. The number of carbonyl (C=O) groups is 1. The van der Waals surface area contributed by atoms with Gasteiger partial charge in [0.25, 0.3) is 0 Å². The Morgan fingerprint density at radius 2 is 1.07 bits per heavy atom. The third-order valence-electron chi connectivity index (χ3n) is 6.75. The lowest BCUT2D eigenvalue weighted by Crippen LogP contribution is -2.02. The Balaban J connectivity index is 1.38. The topological polar surface area (TPSA) is 74.2 Å². The second kappa shape index (κ2) is 15.2. The van der Waals surface area contributed by atoms with Crippen molar-refractivity contribution < 1.29 is 14.3 Å². The van der Waals surface area contributed by atoms with Crippen LogP contribution < -0.4 is 9.47 Å². The lowest BCUT2D eigenvalue weighted by molar-refractivity contribution is 0.111. The molecule has 0 atom stereocenters. The Kier molecular flexibility index (Phi) is 10.4. The van der Waals surface area contributed by atoms with E-state index in [1.807, 2.05) is 73.7 Å². The van der Waals surface area contributed by atoms with E-state index < -0.39 is 0 Å². The van der Waals surface area contributed by atoms with Crippen molar-refractivity contribution in [2.75, 3.05) is 13.2 Å². The van der Waals surface area contributed by atoms with Crippen LogP contribution in [0.4, 0.5) is 0 Å². The second-order valence-electron chi connectivity index (χ2n) is 10.2. The molecule has 0 spiro atoms. The normalized spacial score (nSPS) is 11.2. The Hall–Kier alpha value is -5.36. The van der Waals surface area contributed by atoms with E-state index in [0.717, 1.165) is 64.2 Å². The number of hydrogen-bond acceptors (Lipinski definition) is 6. The summed E-state index contributed by atoms with van der Waals surface area (Å²) in [6, 6.07) is 27.6. The van der Waals surface area contributed by atoms with Crippen LogP contribution in [-0.4, -0.2) is 34.5 Å². The largest absolute Gasteiger partial charge is 0.493 e. The van der Waals surface area contributed by atoms with Gasteiger partial charge in [-0.05, 0) is 78.1 Å². The van der Waals surface area contributed by atoms with E-state index in [1.54, 1.807) is 18.5 Å². The van der Waals surface area contributed by atoms with Crippen molar-refractivity contribution in [3.05, 3.63) is 125 Å². The predicted molar refractivity (Wildman–Crippen MR) is 178 cm³/mol. The first-order valence-electron chi connectivity index (χ1n) is 14.9. The minimum absolute atomic E-state index is 0.492. The highest BCUT2D eigenvalue weighted by atomic mass is 16.5. The molecule has 0 aliphatic rings. The minimum atomic E-state index is 0.492. The zero-order chi connectivity index (χ0) is 30.6. The maximum absolute atomic E-state index is 11.7. The van der Waals surface area contributed by atoms with E-state index in [0.29, 0.717) is 30.3 Å². The van der Waals surface area contributed by atoms with Crippen LogP contribution in [0.15, 0.2) is 97.3 Å². The van der Waals surface area contributed by atoms with E-state index in [4.69, 9.17) is 14.5 Å². The fourth-order valence-electron chi connectivity index (χ4n) is 4.52. The van der Waals surface area contributed by atoms with E-state index in [-0.39, 0.29) is 0 Å². The van der Waals surface area contributed by atoms with Crippen molar-refractivity contribution in [2.45, 2.75) is 26.7 Å². The van der Waals surface area contributed by atoms with Crippen LogP contribution in [0, 0.1) is 0 Å². The van der Waals surface area contributed by atoms with Crippen LogP contribution in [0.2, 0.25) is 0 Å². The number of carbonyl (C=O) groups excluding carboxylic acids is 1. The van der Waals surface area contributed by atoms with Gasteiger partial charge in [0, 0.05) is 18.0 Å². The van der Waals surface area contributed by atoms with E-state index in [9.17, 15) is 4.79 Å². The highest BCUT2D eigenvalue weighted by Crippen LogP contribution is 2.30. The molecule has 6 nitrogen and oxygen atoms in total. The molecule has 0 fully saturated rings. The van der Waals surface area contributed by atoms with E-state index >= 15 is 0 Å². The molecular formula is C38H35N3O3. The first kappa shape index (κ1) is 30.1. The Morgan fingerprint density at radius 1 is 0.568 bits per heavy atom. The summed E-state index contributed by atoms with van der Waals surface area (Å²) in [5.74, 6) is 1.24. The van der Waals surface area contributed by atoms with Crippen LogP contribution in [0.25, 0.3) is 47.1 Å². The third-order valence-corrected chi connectivity index (χ3v) is 6.75. The van der Waals surface area contributed by atoms with Gasteiger partial charge in [0.1, 0.15) is 11.5 Å². The SMILES string of the molecule is CCCOc1cc(/C=C/c2ccc(/C=C/c3cc(-c4ccccn4)nc(-c4ccccn4)c3)cc2)c(OCCC)cc1C=O. The molecule has 3 aromatic heterocycles. The van der Waals surface area contributed by atoms with Crippen LogP contribution in [0.5, 0.6) is 11.5 Å². The average molecular weight is 582 g/mol. The summed E-state index contributed by atoms with van der Waals surface area (Å²) < 4.78 is 11.8. The van der Waals surface area contributed by atoms with Crippen molar-refractivity contribution >= 4 is 30.6 Å². The fraction of sp³-hybridized carbons (Fsp3) is 0.158. The number of nitrogens with zero attached hydrogens (tertiary/aromatic N) is 3. The molecule has 0 bridgehead atoms. The summed E-state index contributed by atoms with van der Waals surface area (Å²) in [6.45, 7) is 5.20. The lowest BCUT2D eigenvalue weighted by Gasteiger charge is -2.13. The lowest BCUT2D eigenvalue weighted by atomic mass is 10.1. The van der Waals surface area contributed by atoms with Gasteiger partial charge in [-0.1, -0.05) is 74.5 Å². The maximum Gasteiger partial charge on any atom is 0.153 e. The van der Waals surface area contributed by atoms with Crippen molar-refractivity contribution in [3.8, 4) is 34.3 Å². The quantitative estimate of drug-likeness (QED) is 0.102. The number of aromatic nitrogens is 3. The van der Waals surface area contributed by atoms with Gasteiger partial charge in [-0.25, -0.2) is 4.98 Å². The predicted octanol–water partition coefficient (Wildman–Crippen LogP) is 8.94. The number of rotatable bonds is 13. The standard InChI is InChI=1S/C38H35N3O3/c1-3-21-43-37-26-32(27-42)38(44-22-4-2)25-31(37)18-17-29-13-11-28(12-14-29)15-16-30-23-35(33-9-5-7-19-39-33)41-36(24-30)34-10-6-8-20-40-34/h5-20,23-27H,3-4,21-22H2,1-2H3/b16-15+,18-17+. The van der Waals surface area contributed by atoms with E-state index in [2.05, 4.69) is 53.3 Å². The summed E-state index contributed by atoms with van der Waals surface area (Å²) in [5.41, 5.74) is 7.67. The molecule has 0 aliphatic heterocycles. The summed E-state index contributed by atoms with van der Waals surface area (Å²) in [5, 5.41) is 0. The van der Waals surface area contributed by atoms with Crippen molar-refractivity contribution in [2.24, 2.45) is 0 Å². The van der Waals surface area contributed by atoms with Crippen LogP contribution >= 0.6 is 0 Å². The molecule has 0 unspecified atom stereocenters. The Morgan fingerprint density at radius 3 is 1.57 bits per heavy atom. The van der Waals surface area contributed by atoms with Gasteiger partial charge < -0.3 is 9.47 Å². The summed E-state index contributed by atoms with van der Waals surface area (Å²) in [4.78, 5) is 25.5. The van der Waals surface area contributed by atoms with Gasteiger partial charge in [-0.15, -0.1) is 0 Å². The molecule has 0 saturated heterocycles. The summed E-state index contributed by atoms with van der Waals surface area (Å²) in [6.07, 6.45) is 14.3. The molecule has 6 heteroatoms. The molecule has 2 aromatic carbocycles. The van der Waals surface area contributed by atoms with Crippen molar-refractivity contribution in [1.82, 2.24) is 15.0 Å². The average Bonchev–Trinajstić information content (AvgIpc) is 3.09. The van der Waals surface area contributed by atoms with Gasteiger partial charge in [-0.3, -0.25) is 14.8 Å². The van der Waals surface area contributed by atoms with E-state index in [1.165, 1.54) is 0 Å². The van der Waals surface area contributed by atoms with Crippen molar-refractivity contribution in [1.29, 1.82) is 0 Å². The molecule has 0 radical (unpaired) electrons. The maximum atomic E-state index is 11.7. The molecule has 5 aromatic rings. The molecule has 44 heavy (non-hydrogen) atoms. The molecule has 0 saturated carbocycles. The number of ether oxygens (including phenoxy) is 2. The molecule has 5 rings (SSSR count). The summed E-state index contributed by atoms with van der Waals surface area (Å²) >= 11 is 0. The molecule has 0 N–H and O–H groups in total. The van der Waals surface area contributed by atoms with Gasteiger partial charge in [0.2, 0.25) is 0 Å². The molecular weight excluding hydrogens is 546 g/mol. The first-order chi connectivity index (χ1) is 21.7. The molecule has 0 aliphatic carbocycles. The number of benzene rings is 2. The number of aldehydes is 1. The van der Waals surface area contributed by atoms with Gasteiger partial charge in [0.05, 0.1) is 41.6 Å². The van der Waals surface area contributed by atoms with Crippen molar-refractivity contribution in [3.63, 3.8) is 0 Å². The van der Waals surface area contributed by atoms with Gasteiger partial charge in [0.15, 0.2) is 6.29 Å². The van der Waals surface area contributed by atoms with Crippen LogP contribution in [0.3, 0.4) is 0 Å². The highest BCUT2D eigenvalue weighted by molar-refractivity contribution is 5.84. The van der Waals surface area contributed by atoms with Crippen LogP contribution in [-0.2, 0) is 0 Å². The first-order valence-corrected chi connectivity index (χ1v) is 14.9. The zero-order valence-corrected chi connectivity index (χ0v) is 25.0. The Bertz CT molecular complexity index is 1670. The zero-order valence-electron chi connectivity index (χ0n) is 25.0. The monoisotopic (exact) mass is 581 g/mol. The number of pyridine rings is 3. The summed E-state index contributed by atoms with van der Waals surface area (Å²) in [7, 11) is 0. The Labute approximate surface area is 258 Å².